The van der Waals surface area contributed by atoms with E-state index in [0.29, 0.717) is 6.61 Å². The van der Waals surface area contributed by atoms with E-state index in [2.05, 4.69) is 0 Å². The van der Waals surface area contributed by atoms with Crippen LogP contribution >= 0.6 is 0 Å². The molecular formula is C10H14N2O2. The fourth-order valence-corrected chi connectivity index (χ4v) is 1.00. The zero-order valence-corrected chi connectivity index (χ0v) is 8.12. The van der Waals surface area contributed by atoms with E-state index >= 15 is 0 Å². The van der Waals surface area contributed by atoms with Crippen molar-refractivity contribution in [1.82, 2.24) is 0 Å². The highest BCUT2D eigenvalue weighted by molar-refractivity contribution is 5.78. The molecule has 3 N–H and O–H groups in total. The van der Waals surface area contributed by atoms with Crippen LogP contribution in [0.1, 0.15) is 5.56 Å². The highest BCUT2D eigenvalue weighted by Gasteiger charge is 1.95. The number of benzene rings is 1. The van der Waals surface area contributed by atoms with Crippen LogP contribution in [0.15, 0.2) is 24.3 Å². The average molecular weight is 194 g/mol. The van der Waals surface area contributed by atoms with E-state index in [9.17, 15) is 0 Å². The van der Waals surface area contributed by atoms with E-state index in [-0.39, 0.29) is 12.4 Å². The maximum absolute atomic E-state index is 6.96. The molecule has 76 valence electrons. The normalized spacial score (nSPS) is 9.79. The van der Waals surface area contributed by atoms with Gasteiger partial charge in [-0.2, -0.15) is 0 Å². The van der Waals surface area contributed by atoms with Gasteiger partial charge in [0.2, 0.25) is 0 Å². The van der Waals surface area contributed by atoms with Crippen LogP contribution in [-0.2, 0) is 11.3 Å². The van der Waals surface area contributed by atoms with E-state index in [1.54, 1.807) is 7.11 Å². The van der Waals surface area contributed by atoms with Gasteiger partial charge in [0.15, 0.2) is 0 Å². The molecule has 0 saturated heterocycles. The van der Waals surface area contributed by atoms with Crippen LogP contribution in [0.2, 0.25) is 0 Å². The van der Waals surface area contributed by atoms with Gasteiger partial charge in [0.25, 0.3) is 0 Å². The van der Waals surface area contributed by atoms with Gasteiger partial charge in [-0.3, -0.25) is 5.41 Å². The van der Waals surface area contributed by atoms with Crippen molar-refractivity contribution in [2.75, 3.05) is 13.7 Å². The van der Waals surface area contributed by atoms with Crippen molar-refractivity contribution < 1.29 is 9.47 Å². The molecule has 0 aromatic heterocycles. The van der Waals surface area contributed by atoms with E-state index in [1.807, 2.05) is 24.3 Å². The van der Waals surface area contributed by atoms with Crippen LogP contribution in [0.5, 0.6) is 5.75 Å². The fraction of sp³-hybridized carbons (Fsp3) is 0.300. The first kappa shape index (κ1) is 10.5. The lowest BCUT2D eigenvalue weighted by molar-refractivity contribution is 0.157. The van der Waals surface area contributed by atoms with Gasteiger partial charge in [-0.05, 0) is 17.7 Å². The molecule has 0 radical (unpaired) electrons. The van der Waals surface area contributed by atoms with Crippen LogP contribution in [-0.4, -0.2) is 19.6 Å². The first-order valence-corrected chi connectivity index (χ1v) is 4.26. The van der Waals surface area contributed by atoms with Crippen LogP contribution in [0.3, 0.4) is 0 Å². The number of nitrogens with one attached hydrogen (secondary N) is 1. The van der Waals surface area contributed by atoms with Crippen LogP contribution in [0.4, 0.5) is 0 Å². The van der Waals surface area contributed by atoms with Gasteiger partial charge < -0.3 is 15.2 Å². The van der Waals surface area contributed by atoms with E-state index in [4.69, 9.17) is 20.6 Å². The second kappa shape index (κ2) is 5.24. The second-order valence-corrected chi connectivity index (χ2v) is 2.87. The monoisotopic (exact) mass is 194 g/mol. The molecule has 0 unspecified atom stereocenters. The lowest BCUT2D eigenvalue weighted by Gasteiger charge is -2.04. The van der Waals surface area contributed by atoms with Crippen molar-refractivity contribution in [3.63, 3.8) is 0 Å². The first-order valence-electron chi connectivity index (χ1n) is 4.26. The summed E-state index contributed by atoms with van der Waals surface area (Å²) in [6.07, 6.45) is 0. The SMILES string of the molecule is COc1ccc(COCC(=N)N)cc1. The summed E-state index contributed by atoms with van der Waals surface area (Å²) >= 11 is 0. The molecule has 0 spiro atoms. The maximum atomic E-state index is 6.96. The number of amidine groups is 1. The first-order chi connectivity index (χ1) is 6.72. The molecule has 4 heteroatoms. The maximum Gasteiger partial charge on any atom is 0.118 e. The molecular weight excluding hydrogens is 180 g/mol. The lowest BCUT2D eigenvalue weighted by Crippen LogP contribution is -2.16. The minimum absolute atomic E-state index is 0.0403. The quantitative estimate of drug-likeness (QED) is 0.545. The predicted octanol–water partition coefficient (Wildman–Crippen LogP) is 1.15. The summed E-state index contributed by atoms with van der Waals surface area (Å²) in [6, 6.07) is 7.57. The Balaban J connectivity index is 2.40. The van der Waals surface area contributed by atoms with Crippen molar-refractivity contribution in [3.05, 3.63) is 29.8 Å². The largest absolute Gasteiger partial charge is 0.497 e. The molecule has 0 bridgehead atoms. The Bertz CT molecular complexity index is 295. The lowest BCUT2D eigenvalue weighted by atomic mass is 10.2. The standard InChI is InChI=1S/C10H14N2O2/c1-13-9-4-2-8(3-5-9)6-14-7-10(11)12/h2-5H,6-7H2,1H3,(H3,11,12). The summed E-state index contributed by atoms with van der Waals surface area (Å²) < 4.78 is 10.2. The Morgan fingerprint density at radius 3 is 2.50 bits per heavy atom. The Labute approximate surface area is 83.1 Å². The van der Waals surface area contributed by atoms with Crippen LogP contribution in [0.25, 0.3) is 0 Å². The van der Waals surface area contributed by atoms with Gasteiger partial charge in [0.05, 0.1) is 13.7 Å². The molecule has 0 amide bonds. The number of rotatable bonds is 5. The smallest absolute Gasteiger partial charge is 0.118 e. The number of methoxy groups -OCH3 is 1. The Morgan fingerprint density at radius 1 is 1.36 bits per heavy atom. The summed E-state index contributed by atoms with van der Waals surface area (Å²) in [5, 5.41) is 6.96. The molecule has 0 aliphatic carbocycles. The van der Waals surface area contributed by atoms with Crippen LogP contribution in [0, 0.1) is 5.41 Å². The number of ether oxygens (including phenoxy) is 2. The summed E-state index contributed by atoms with van der Waals surface area (Å²) in [5.41, 5.74) is 6.17. The number of hydrogen-bond donors (Lipinski definition) is 2. The Kier molecular flexibility index (Phi) is 3.94. The number of hydrogen-bond acceptors (Lipinski definition) is 3. The third kappa shape index (κ3) is 3.45. The summed E-state index contributed by atoms with van der Waals surface area (Å²) in [6.45, 7) is 0.635. The van der Waals surface area contributed by atoms with Crippen molar-refractivity contribution >= 4 is 5.84 Å². The molecule has 0 heterocycles. The third-order valence-corrected chi connectivity index (χ3v) is 1.69. The molecule has 0 aliphatic rings. The van der Waals surface area contributed by atoms with E-state index < -0.39 is 0 Å². The third-order valence-electron chi connectivity index (χ3n) is 1.69. The Hall–Kier alpha value is -1.55. The fourth-order valence-electron chi connectivity index (χ4n) is 1.00. The molecule has 1 aromatic carbocycles. The van der Waals surface area contributed by atoms with Gasteiger partial charge in [-0.15, -0.1) is 0 Å². The highest BCUT2D eigenvalue weighted by Crippen LogP contribution is 2.11. The molecule has 14 heavy (non-hydrogen) atoms. The van der Waals surface area contributed by atoms with Crippen molar-refractivity contribution in [2.45, 2.75) is 6.61 Å². The topological polar surface area (TPSA) is 68.3 Å². The highest BCUT2D eigenvalue weighted by atomic mass is 16.5. The van der Waals surface area contributed by atoms with Gasteiger partial charge in [-0.1, -0.05) is 12.1 Å². The average Bonchev–Trinajstić information content (AvgIpc) is 2.18. The summed E-state index contributed by atoms with van der Waals surface area (Å²) in [7, 11) is 1.63. The minimum Gasteiger partial charge on any atom is -0.497 e. The number of nitrogens with two attached hydrogens (primary N) is 1. The van der Waals surface area contributed by atoms with Gasteiger partial charge in [0, 0.05) is 0 Å². The van der Waals surface area contributed by atoms with E-state index in [0.717, 1.165) is 11.3 Å². The zero-order chi connectivity index (χ0) is 10.4. The molecule has 0 atom stereocenters. The molecule has 1 rings (SSSR count). The molecule has 0 fully saturated rings. The minimum atomic E-state index is 0.0403. The molecule has 0 saturated carbocycles. The molecule has 0 aliphatic heterocycles. The van der Waals surface area contributed by atoms with Gasteiger partial charge in [0.1, 0.15) is 18.2 Å². The summed E-state index contributed by atoms with van der Waals surface area (Å²) in [4.78, 5) is 0. The summed E-state index contributed by atoms with van der Waals surface area (Å²) in [5.74, 6) is 0.860. The van der Waals surface area contributed by atoms with Gasteiger partial charge in [-0.25, -0.2) is 0 Å². The predicted molar refractivity (Wildman–Crippen MR) is 54.6 cm³/mol. The van der Waals surface area contributed by atoms with Crippen LogP contribution < -0.4 is 10.5 Å². The van der Waals surface area contributed by atoms with Crippen molar-refractivity contribution in [2.24, 2.45) is 5.73 Å². The molecule has 1 aromatic rings. The Morgan fingerprint density at radius 2 is 2.00 bits per heavy atom. The van der Waals surface area contributed by atoms with Crippen molar-refractivity contribution in [3.8, 4) is 5.75 Å². The second-order valence-electron chi connectivity index (χ2n) is 2.87. The van der Waals surface area contributed by atoms with E-state index in [1.165, 1.54) is 0 Å². The van der Waals surface area contributed by atoms with Gasteiger partial charge >= 0.3 is 0 Å². The van der Waals surface area contributed by atoms with Crippen molar-refractivity contribution in [1.29, 1.82) is 5.41 Å². The zero-order valence-electron chi connectivity index (χ0n) is 8.12. The molecule has 4 nitrogen and oxygen atoms in total.